The number of carboxylic acids is 2. The van der Waals surface area contributed by atoms with E-state index in [1.807, 2.05) is 6.07 Å². The van der Waals surface area contributed by atoms with Crippen LogP contribution < -0.4 is 10.6 Å². The van der Waals surface area contributed by atoms with Crippen LogP contribution in [-0.2, 0) is 52.3 Å². The summed E-state index contributed by atoms with van der Waals surface area (Å²) in [4.78, 5) is 83.7. The van der Waals surface area contributed by atoms with Crippen LogP contribution in [0.4, 0.5) is 0 Å². The quantitative estimate of drug-likeness (QED) is 0.0425. The number of fused-ring (bicyclic) bond motifs is 1. The highest BCUT2D eigenvalue weighted by Crippen LogP contribution is 2.49. The maximum absolute atomic E-state index is 15.4. The second kappa shape index (κ2) is 18.5. The molecule has 0 aliphatic carbocycles. The summed E-state index contributed by atoms with van der Waals surface area (Å²) in [5, 5.41) is 56.1. The highest BCUT2D eigenvalue weighted by Gasteiger charge is 2.67. The van der Waals surface area contributed by atoms with Crippen molar-refractivity contribution in [3.8, 4) is 6.07 Å². The Morgan fingerprint density at radius 3 is 2.12 bits per heavy atom. The number of carbonyl (C=O) groups is 6. The molecule has 4 atom stereocenters. The number of carboxylic acid groups (broad SMARTS) is 2. The van der Waals surface area contributed by atoms with Crippen LogP contribution in [0.3, 0.4) is 0 Å². The molecule has 3 aliphatic heterocycles. The van der Waals surface area contributed by atoms with Crippen LogP contribution in [-0.4, -0.2) is 172 Å². The summed E-state index contributed by atoms with van der Waals surface area (Å²) in [6.45, 7) is 0. The lowest BCUT2D eigenvalue weighted by Crippen LogP contribution is -2.81. The largest absolute Gasteiger partial charge is 0.478 e. The summed E-state index contributed by atoms with van der Waals surface area (Å²) in [6, 6.07) is 1.91. The third-order valence-corrected chi connectivity index (χ3v) is 14.3. The molecular weight excluding hydrogens is 871 g/mol. The normalized spacial score (nSPS) is 21.6. The minimum Gasteiger partial charge on any atom is -0.478 e. The average molecular weight is 902 g/mol. The van der Waals surface area contributed by atoms with E-state index >= 15 is 4.79 Å². The molecule has 0 spiro atoms. The van der Waals surface area contributed by atoms with Gasteiger partial charge in [0.15, 0.2) is 0 Å². The van der Waals surface area contributed by atoms with Gasteiger partial charge < -0.3 is 30.3 Å². The van der Waals surface area contributed by atoms with E-state index in [1.54, 1.807) is 14.1 Å². The first-order valence-electron chi connectivity index (χ1n) is 15.9. The number of tetrazole rings is 2. The van der Waals surface area contributed by atoms with E-state index in [2.05, 4.69) is 41.7 Å². The number of hydrogen-bond donors (Lipinski definition) is 4. The molecule has 0 bridgehead atoms. The molecule has 3 aliphatic rings. The molecule has 1 fully saturated rings. The molecule has 0 saturated carbocycles. The molecule has 1 saturated heterocycles. The fourth-order valence-electron chi connectivity index (χ4n) is 5.75. The summed E-state index contributed by atoms with van der Waals surface area (Å²) in [5.41, 5.74) is -5.37. The van der Waals surface area contributed by atoms with E-state index < -0.39 is 63.5 Å². The summed E-state index contributed by atoms with van der Waals surface area (Å²) >= 11 is 9.78. The number of β-lactam (4-membered cyclic amide) rings is 1. The van der Waals surface area contributed by atoms with Crippen molar-refractivity contribution in [3.63, 3.8) is 0 Å². The Balaban J connectivity index is 1.68. The first-order chi connectivity index (χ1) is 27.2. The molecule has 2 aromatic rings. The monoisotopic (exact) mass is 901 g/mol. The van der Waals surface area contributed by atoms with E-state index in [-0.39, 0.29) is 51.4 Å². The third kappa shape index (κ3) is 8.48. The van der Waals surface area contributed by atoms with Crippen molar-refractivity contribution < 1.29 is 48.5 Å². The number of amides is 4. The van der Waals surface area contributed by atoms with E-state index in [0.29, 0.717) is 20.6 Å². The predicted octanol–water partition coefficient (Wildman–Crippen LogP) is -1.71. The van der Waals surface area contributed by atoms with Gasteiger partial charge in [-0.1, -0.05) is 35.7 Å². The van der Waals surface area contributed by atoms with Crippen LogP contribution in [0.5, 0.6) is 0 Å². The van der Waals surface area contributed by atoms with E-state index in [1.165, 1.54) is 16.5 Å². The van der Waals surface area contributed by atoms with Gasteiger partial charge in [-0.3, -0.25) is 29.0 Å². The highest BCUT2D eigenvalue weighted by molar-refractivity contribution is 8.01. The Morgan fingerprint density at radius 2 is 1.63 bits per heavy atom. The molecule has 29 heteroatoms. The number of aromatic nitrogens is 8. The second-order valence-corrected chi connectivity index (χ2v) is 16.9. The summed E-state index contributed by atoms with van der Waals surface area (Å²) in [5.74, 6) is -7.68. The van der Waals surface area contributed by atoms with Gasteiger partial charge in [-0.15, -0.1) is 45.5 Å². The Kier molecular flexibility index (Phi) is 14.2. The smallest absolute Gasteiger partial charge is 0.360 e. The number of aliphatic carboxylic acids is 2. The minimum absolute atomic E-state index is 0.00373. The molecule has 304 valence electrons. The Labute approximate surface area is 348 Å². The number of rotatable bonds is 18. The zero-order valence-corrected chi connectivity index (χ0v) is 34.9. The molecule has 4 N–H and O–H groups in total. The van der Waals surface area contributed by atoms with Gasteiger partial charge in [-0.2, -0.15) is 5.26 Å². The molecule has 4 amide bonds. The van der Waals surface area contributed by atoms with E-state index in [9.17, 15) is 34.2 Å². The van der Waals surface area contributed by atoms with Gasteiger partial charge in [0, 0.05) is 51.3 Å². The van der Waals surface area contributed by atoms with Crippen molar-refractivity contribution in [2.45, 2.75) is 32.5 Å². The maximum Gasteiger partial charge on any atom is 0.360 e. The number of nitrogens with one attached hydrogen (secondary N) is 2. The first-order valence-corrected chi connectivity index (χ1v) is 21.5. The number of ether oxygens (including phenoxy) is 2. The molecule has 0 radical (unpaired) electrons. The van der Waals surface area contributed by atoms with E-state index in [4.69, 9.17) is 27.0 Å². The standard InChI is InChI=1S/C28H31N13O10S6/c1-38-25(32-34-36-38)56-10-13-8-54-22-27(50-3,31-16(43)12-53-6-5-29)21(47)41(22)17(13)19(44)40-18(20(45)46)14(11-57-26-33-35-37-39(26)2)9-55-23(40)28(51-4,24(48)49)30-15(42)7-52/h7,22-23H,6,8-12H2,1-4H3,(H,30,42)(H,31,43)(H,45,46)(H,48,49)/t22-,23-,27+,28-/m1/s1. The topological polar surface area (TPSA) is 303 Å². The van der Waals surface area contributed by atoms with Crippen molar-refractivity contribution >= 4 is 112 Å². The SMILES string of the molecule is CO[C@@](NC(=O)C=S)(C(=O)O)[C@H]1SCC(CSc2nnnn2C)=C(C(=O)O)N1C(=O)C1=C(CSc2nnnn2C)CS[C@H]2N1C(=O)[C@]2(NC(=O)CSCC#N)OC. The summed E-state index contributed by atoms with van der Waals surface area (Å²) < 4.78 is 13.8. The fraction of sp³-hybridized carbons (Fsp3) is 0.500. The van der Waals surface area contributed by atoms with Crippen LogP contribution in [0.25, 0.3) is 0 Å². The number of thiocarbonyl (C=S) groups is 1. The fourth-order valence-corrected chi connectivity index (χ4v) is 11.1. The molecule has 5 heterocycles. The number of carbonyl (C=O) groups excluding carboxylic acids is 4. The Hall–Kier alpha value is -4.31. The van der Waals surface area contributed by atoms with Gasteiger partial charge in [0.25, 0.3) is 29.2 Å². The molecule has 0 unspecified atom stereocenters. The Bertz CT molecular complexity index is 2090. The third-order valence-electron chi connectivity index (χ3n) is 8.32. The van der Waals surface area contributed by atoms with Crippen molar-refractivity contribution in [2.24, 2.45) is 14.1 Å². The van der Waals surface area contributed by atoms with Crippen molar-refractivity contribution in [2.75, 3.05) is 48.7 Å². The lowest BCUT2D eigenvalue weighted by atomic mass is 9.97. The van der Waals surface area contributed by atoms with Crippen molar-refractivity contribution in [1.29, 1.82) is 5.26 Å². The number of aryl methyl sites for hydroxylation is 2. The molecule has 5 rings (SSSR count). The Morgan fingerprint density at radius 1 is 1.04 bits per heavy atom. The number of methoxy groups -OCH3 is 2. The lowest BCUT2D eigenvalue weighted by Gasteiger charge is -2.57. The number of nitriles is 1. The van der Waals surface area contributed by atoms with Gasteiger partial charge in [0.05, 0.1) is 22.9 Å². The van der Waals surface area contributed by atoms with Gasteiger partial charge in [0.1, 0.15) is 22.1 Å². The van der Waals surface area contributed by atoms with Crippen LogP contribution >= 0.6 is 71.0 Å². The number of nitrogens with zero attached hydrogens (tertiary/aromatic N) is 11. The van der Waals surface area contributed by atoms with Crippen LogP contribution in [0.2, 0.25) is 0 Å². The average Bonchev–Trinajstić information content (AvgIpc) is 3.81. The maximum atomic E-state index is 15.4. The molecule has 2 aromatic heterocycles. The molecule has 23 nitrogen and oxygen atoms in total. The zero-order valence-electron chi connectivity index (χ0n) is 30.0. The zero-order chi connectivity index (χ0) is 41.7. The van der Waals surface area contributed by atoms with Gasteiger partial charge in [0.2, 0.25) is 16.2 Å². The van der Waals surface area contributed by atoms with Crippen LogP contribution in [0.15, 0.2) is 32.9 Å². The van der Waals surface area contributed by atoms with Gasteiger partial charge >= 0.3 is 11.9 Å². The van der Waals surface area contributed by atoms with Crippen molar-refractivity contribution in [1.82, 2.24) is 60.8 Å². The predicted molar refractivity (Wildman–Crippen MR) is 207 cm³/mol. The lowest BCUT2D eigenvalue weighted by molar-refractivity contribution is -0.192. The van der Waals surface area contributed by atoms with Crippen LogP contribution in [0.1, 0.15) is 0 Å². The van der Waals surface area contributed by atoms with E-state index in [0.717, 1.165) is 70.8 Å². The number of thioether (sulfide) groups is 5. The van der Waals surface area contributed by atoms with Crippen LogP contribution in [0, 0.1) is 11.3 Å². The van der Waals surface area contributed by atoms with Crippen molar-refractivity contribution in [3.05, 3.63) is 22.5 Å². The summed E-state index contributed by atoms with van der Waals surface area (Å²) in [6.07, 6.45) is 0. The molecule has 57 heavy (non-hydrogen) atoms. The first kappa shape index (κ1) is 43.8. The van der Waals surface area contributed by atoms with Gasteiger partial charge in [-0.25, -0.2) is 19.0 Å². The minimum atomic E-state index is -2.80. The molecular formula is C28H31N13O10S6. The summed E-state index contributed by atoms with van der Waals surface area (Å²) in [7, 11) is 5.28. The highest BCUT2D eigenvalue weighted by atomic mass is 32.2. The number of hydrogen-bond acceptors (Lipinski definition) is 21. The second-order valence-electron chi connectivity index (χ2n) is 11.6. The van der Waals surface area contributed by atoms with Gasteiger partial charge in [-0.05, 0) is 32.0 Å². The molecule has 0 aromatic carbocycles.